The van der Waals surface area contributed by atoms with Crippen LogP contribution in [0.3, 0.4) is 0 Å². The third kappa shape index (κ3) is 3.24. The molecule has 2 amide bonds. The second-order valence-electron chi connectivity index (χ2n) is 6.13. The van der Waals surface area contributed by atoms with Gasteiger partial charge in [-0.05, 0) is 49.2 Å². The molecule has 0 saturated carbocycles. The Morgan fingerprint density at radius 3 is 2.16 bits per heavy atom. The van der Waals surface area contributed by atoms with Gasteiger partial charge in [0, 0.05) is 31.7 Å². The van der Waals surface area contributed by atoms with Crippen molar-refractivity contribution in [3.05, 3.63) is 53.0 Å². The van der Waals surface area contributed by atoms with Gasteiger partial charge < -0.3 is 19.0 Å². The average molecular weight is 342 g/mol. The Bertz CT molecular complexity index is 775. The number of methoxy groups -OCH3 is 1. The molecule has 1 aromatic carbocycles. The van der Waals surface area contributed by atoms with E-state index in [0.717, 1.165) is 16.9 Å². The van der Waals surface area contributed by atoms with Gasteiger partial charge in [0.2, 0.25) is 0 Å². The Hall–Kier alpha value is -2.76. The van der Waals surface area contributed by atoms with Crippen molar-refractivity contribution in [3.63, 3.8) is 0 Å². The topological polar surface area (TPSA) is 63.0 Å². The summed E-state index contributed by atoms with van der Waals surface area (Å²) in [7, 11) is 1.62. The highest BCUT2D eigenvalue weighted by atomic mass is 16.5. The highest BCUT2D eigenvalue weighted by Crippen LogP contribution is 2.25. The summed E-state index contributed by atoms with van der Waals surface area (Å²) in [4.78, 5) is 28.6. The largest absolute Gasteiger partial charge is 0.496 e. The van der Waals surface area contributed by atoms with Crippen LogP contribution in [0.15, 0.2) is 34.9 Å². The molecule has 6 nitrogen and oxygen atoms in total. The molecule has 1 aliphatic heterocycles. The van der Waals surface area contributed by atoms with E-state index in [1.165, 1.54) is 6.26 Å². The summed E-state index contributed by atoms with van der Waals surface area (Å²) in [5.41, 5.74) is 2.59. The third-order valence-corrected chi connectivity index (χ3v) is 4.77. The predicted molar refractivity (Wildman–Crippen MR) is 93.0 cm³/mol. The quantitative estimate of drug-likeness (QED) is 0.860. The van der Waals surface area contributed by atoms with Gasteiger partial charge in [0.1, 0.15) is 5.75 Å². The summed E-state index contributed by atoms with van der Waals surface area (Å²) in [6.45, 7) is 5.90. The second kappa shape index (κ2) is 7.01. The van der Waals surface area contributed by atoms with E-state index in [1.807, 2.05) is 26.0 Å². The lowest BCUT2D eigenvalue weighted by atomic mass is 10.0. The van der Waals surface area contributed by atoms with Gasteiger partial charge >= 0.3 is 0 Å². The van der Waals surface area contributed by atoms with E-state index in [0.29, 0.717) is 37.5 Å². The molecule has 3 rings (SSSR count). The Morgan fingerprint density at radius 1 is 0.960 bits per heavy atom. The number of carbonyl (C=O) groups is 2. The normalized spacial score (nSPS) is 14.5. The minimum Gasteiger partial charge on any atom is -0.496 e. The van der Waals surface area contributed by atoms with Crippen LogP contribution >= 0.6 is 0 Å². The summed E-state index contributed by atoms with van der Waals surface area (Å²) in [6.07, 6.45) is 1.49. The SMILES string of the molecule is COc1ccc(C(=O)N2CCN(C(=O)c3ccco3)CC2)c(C)c1C. The summed E-state index contributed by atoms with van der Waals surface area (Å²) in [6, 6.07) is 6.99. The molecule has 132 valence electrons. The van der Waals surface area contributed by atoms with E-state index in [9.17, 15) is 9.59 Å². The number of furan rings is 1. The third-order valence-electron chi connectivity index (χ3n) is 4.77. The van der Waals surface area contributed by atoms with Crippen molar-refractivity contribution in [2.45, 2.75) is 13.8 Å². The van der Waals surface area contributed by atoms with Crippen molar-refractivity contribution in [2.24, 2.45) is 0 Å². The highest BCUT2D eigenvalue weighted by Gasteiger charge is 2.27. The van der Waals surface area contributed by atoms with Crippen LogP contribution < -0.4 is 4.74 Å². The number of piperazine rings is 1. The van der Waals surface area contributed by atoms with Gasteiger partial charge in [-0.15, -0.1) is 0 Å². The van der Waals surface area contributed by atoms with Crippen molar-refractivity contribution in [1.29, 1.82) is 0 Å². The van der Waals surface area contributed by atoms with Gasteiger partial charge in [0.05, 0.1) is 13.4 Å². The van der Waals surface area contributed by atoms with Crippen LogP contribution in [-0.2, 0) is 0 Å². The number of carbonyl (C=O) groups excluding carboxylic acids is 2. The van der Waals surface area contributed by atoms with E-state index in [4.69, 9.17) is 9.15 Å². The summed E-state index contributed by atoms with van der Waals surface area (Å²) < 4.78 is 10.5. The molecule has 0 spiro atoms. The zero-order chi connectivity index (χ0) is 18.0. The lowest BCUT2D eigenvalue weighted by Crippen LogP contribution is -2.50. The van der Waals surface area contributed by atoms with E-state index >= 15 is 0 Å². The molecule has 0 atom stereocenters. The molecule has 1 aromatic heterocycles. The smallest absolute Gasteiger partial charge is 0.289 e. The molecule has 0 bridgehead atoms. The van der Waals surface area contributed by atoms with E-state index in [2.05, 4.69) is 0 Å². The van der Waals surface area contributed by atoms with Gasteiger partial charge in [0.25, 0.3) is 11.8 Å². The average Bonchev–Trinajstić information content (AvgIpc) is 3.17. The van der Waals surface area contributed by atoms with Crippen molar-refractivity contribution < 1.29 is 18.7 Å². The number of ether oxygens (including phenoxy) is 1. The minimum absolute atomic E-state index is 0.00616. The first-order chi connectivity index (χ1) is 12.0. The molecule has 0 radical (unpaired) electrons. The van der Waals surface area contributed by atoms with Crippen LogP contribution in [-0.4, -0.2) is 54.9 Å². The van der Waals surface area contributed by atoms with Gasteiger partial charge in [-0.2, -0.15) is 0 Å². The Balaban J connectivity index is 1.68. The van der Waals surface area contributed by atoms with Gasteiger partial charge in [-0.25, -0.2) is 0 Å². The second-order valence-corrected chi connectivity index (χ2v) is 6.13. The zero-order valence-electron chi connectivity index (χ0n) is 14.7. The minimum atomic E-state index is -0.131. The van der Waals surface area contributed by atoms with E-state index in [-0.39, 0.29) is 11.8 Å². The molecule has 1 fully saturated rings. The fourth-order valence-electron chi connectivity index (χ4n) is 3.09. The maximum atomic E-state index is 12.8. The summed E-state index contributed by atoms with van der Waals surface area (Å²) in [5.74, 6) is 0.978. The molecule has 0 aliphatic carbocycles. The molecule has 25 heavy (non-hydrogen) atoms. The lowest BCUT2D eigenvalue weighted by Gasteiger charge is -2.34. The lowest BCUT2D eigenvalue weighted by molar-refractivity contribution is 0.0517. The van der Waals surface area contributed by atoms with Crippen molar-refractivity contribution in [1.82, 2.24) is 9.80 Å². The molecule has 0 N–H and O–H groups in total. The Labute approximate surface area is 147 Å². The number of nitrogens with zero attached hydrogens (tertiary/aromatic N) is 2. The summed E-state index contributed by atoms with van der Waals surface area (Å²) >= 11 is 0. The molecule has 2 aromatic rings. The molecular formula is C19H22N2O4. The van der Waals surface area contributed by atoms with Crippen LogP contribution in [0.25, 0.3) is 0 Å². The van der Waals surface area contributed by atoms with Crippen molar-refractivity contribution in [3.8, 4) is 5.75 Å². The molecule has 6 heteroatoms. The van der Waals surface area contributed by atoms with Crippen LogP contribution in [0.1, 0.15) is 32.0 Å². The van der Waals surface area contributed by atoms with E-state index < -0.39 is 0 Å². The Morgan fingerprint density at radius 2 is 1.60 bits per heavy atom. The van der Waals surface area contributed by atoms with Crippen LogP contribution in [0, 0.1) is 13.8 Å². The monoisotopic (exact) mass is 342 g/mol. The number of hydrogen-bond acceptors (Lipinski definition) is 4. The Kier molecular flexibility index (Phi) is 4.79. The molecule has 0 unspecified atom stereocenters. The first-order valence-corrected chi connectivity index (χ1v) is 8.29. The maximum Gasteiger partial charge on any atom is 0.289 e. The first kappa shape index (κ1) is 17.1. The van der Waals surface area contributed by atoms with Crippen molar-refractivity contribution in [2.75, 3.05) is 33.3 Å². The molecule has 2 heterocycles. The number of hydrogen-bond donors (Lipinski definition) is 0. The van der Waals surface area contributed by atoms with Crippen molar-refractivity contribution >= 4 is 11.8 Å². The first-order valence-electron chi connectivity index (χ1n) is 8.29. The fourth-order valence-corrected chi connectivity index (χ4v) is 3.09. The maximum absolute atomic E-state index is 12.8. The number of rotatable bonds is 3. The predicted octanol–water partition coefficient (Wildman–Crippen LogP) is 2.50. The molecule has 1 aliphatic rings. The summed E-state index contributed by atoms with van der Waals surface area (Å²) in [5, 5.41) is 0. The van der Waals surface area contributed by atoms with Crippen LogP contribution in [0.2, 0.25) is 0 Å². The van der Waals surface area contributed by atoms with Crippen LogP contribution in [0.4, 0.5) is 0 Å². The van der Waals surface area contributed by atoms with Crippen LogP contribution in [0.5, 0.6) is 5.75 Å². The highest BCUT2D eigenvalue weighted by molar-refractivity contribution is 5.96. The molecule has 1 saturated heterocycles. The fraction of sp³-hybridized carbons (Fsp3) is 0.368. The zero-order valence-corrected chi connectivity index (χ0v) is 14.7. The van der Waals surface area contributed by atoms with Gasteiger partial charge in [0.15, 0.2) is 5.76 Å². The van der Waals surface area contributed by atoms with E-state index in [1.54, 1.807) is 29.0 Å². The number of amides is 2. The van der Waals surface area contributed by atoms with Gasteiger partial charge in [-0.3, -0.25) is 9.59 Å². The number of benzene rings is 1. The standard InChI is InChI=1S/C19H22N2O4/c1-13-14(2)16(24-3)7-6-15(13)18(22)20-8-10-21(11-9-20)19(23)17-5-4-12-25-17/h4-7,12H,8-11H2,1-3H3. The molecular weight excluding hydrogens is 320 g/mol. The van der Waals surface area contributed by atoms with Gasteiger partial charge in [-0.1, -0.05) is 0 Å².